The van der Waals surface area contributed by atoms with Gasteiger partial charge in [-0.1, -0.05) is 65.1 Å². The molecule has 176 valence electrons. The van der Waals surface area contributed by atoms with E-state index in [1.165, 1.54) is 23.8 Å². The first kappa shape index (κ1) is 23.4. The quantitative estimate of drug-likeness (QED) is 0.393. The van der Waals surface area contributed by atoms with Crippen LogP contribution in [-0.2, 0) is 12.0 Å². The predicted octanol–water partition coefficient (Wildman–Crippen LogP) is 7.37. The highest BCUT2D eigenvalue weighted by Gasteiger charge is 2.46. The lowest BCUT2D eigenvalue weighted by Gasteiger charge is -2.40. The second kappa shape index (κ2) is 9.38. The lowest BCUT2D eigenvalue weighted by Crippen LogP contribution is -2.46. The van der Waals surface area contributed by atoms with Crippen molar-refractivity contribution in [1.82, 2.24) is 4.90 Å². The van der Waals surface area contributed by atoms with Crippen molar-refractivity contribution in [3.63, 3.8) is 0 Å². The Labute approximate surface area is 213 Å². The van der Waals surface area contributed by atoms with E-state index in [0.717, 1.165) is 43.7 Å². The summed E-state index contributed by atoms with van der Waals surface area (Å²) in [6, 6.07) is 17.7. The van der Waals surface area contributed by atoms with Crippen molar-refractivity contribution in [2.45, 2.75) is 24.8 Å². The molecule has 8 heteroatoms. The Morgan fingerprint density at radius 1 is 0.971 bits per heavy atom. The van der Waals surface area contributed by atoms with E-state index in [1.807, 2.05) is 18.2 Å². The second-order valence-electron chi connectivity index (χ2n) is 8.96. The molecule has 2 amide bonds. The fourth-order valence-corrected chi connectivity index (χ4v) is 5.98. The second-order valence-corrected chi connectivity index (χ2v) is 10.2. The van der Waals surface area contributed by atoms with Gasteiger partial charge in [0.15, 0.2) is 0 Å². The first-order valence-electron chi connectivity index (χ1n) is 11.1. The molecule has 4 nitrogen and oxygen atoms in total. The van der Waals surface area contributed by atoms with Crippen LogP contribution in [-0.4, -0.2) is 30.6 Å². The molecule has 0 atom stereocenters. The fourth-order valence-electron chi connectivity index (χ4n) is 5.07. The van der Waals surface area contributed by atoms with E-state index in [9.17, 15) is 9.18 Å². The van der Waals surface area contributed by atoms with Crippen LogP contribution in [0.1, 0.15) is 24.0 Å². The maximum Gasteiger partial charge on any atom is 0.326 e. The van der Waals surface area contributed by atoms with Crippen molar-refractivity contribution in [3.8, 4) is 0 Å². The molecule has 2 aliphatic rings. The summed E-state index contributed by atoms with van der Waals surface area (Å²) in [4.78, 5) is 17.4. The van der Waals surface area contributed by atoms with Crippen molar-refractivity contribution in [2.24, 2.45) is 0 Å². The zero-order chi connectivity index (χ0) is 23.9. The smallest absolute Gasteiger partial charge is 0.305 e. The summed E-state index contributed by atoms with van der Waals surface area (Å²) < 4.78 is 14.3. The first-order valence-corrected chi connectivity index (χ1v) is 12.3. The average molecular weight is 519 g/mol. The SMILES string of the molecule is O=C(Nc1c(Cl)cc(Cl)cc1Cl)N1CC2(CCN(Cc3ccccc3)CC2)c2cc(F)ccc21. The minimum atomic E-state index is -0.359. The largest absolute Gasteiger partial charge is 0.326 e. The summed E-state index contributed by atoms with van der Waals surface area (Å²) in [6.07, 6.45) is 1.67. The van der Waals surface area contributed by atoms with Crippen LogP contribution < -0.4 is 10.2 Å². The van der Waals surface area contributed by atoms with Gasteiger partial charge in [0.1, 0.15) is 5.82 Å². The van der Waals surface area contributed by atoms with Gasteiger partial charge in [0.05, 0.1) is 15.7 Å². The van der Waals surface area contributed by atoms with Gasteiger partial charge in [-0.15, -0.1) is 0 Å². The van der Waals surface area contributed by atoms with Gasteiger partial charge in [0.25, 0.3) is 0 Å². The molecule has 3 aromatic rings. The van der Waals surface area contributed by atoms with E-state index >= 15 is 0 Å². The van der Waals surface area contributed by atoms with E-state index in [4.69, 9.17) is 34.8 Å². The number of rotatable bonds is 3. The van der Waals surface area contributed by atoms with Crippen molar-refractivity contribution in [3.05, 3.63) is 92.7 Å². The minimum absolute atomic E-state index is 0.258. The molecule has 1 N–H and O–H groups in total. The summed E-state index contributed by atoms with van der Waals surface area (Å²) in [7, 11) is 0. The van der Waals surface area contributed by atoms with Gasteiger partial charge in [-0.2, -0.15) is 0 Å². The summed E-state index contributed by atoms with van der Waals surface area (Å²) in [5, 5.41) is 3.73. The number of nitrogens with zero attached hydrogens (tertiary/aromatic N) is 2. The van der Waals surface area contributed by atoms with Gasteiger partial charge < -0.3 is 5.32 Å². The van der Waals surface area contributed by atoms with Gasteiger partial charge in [0.2, 0.25) is 0 Å². The number of hydrogen-bond donors (Lipinski definition) is 1. The Balaban J connectivity index is 1.37. The number of fused-ring (bicyclic) bond motifs is 2. The zero-order valence-corrected chi connectivity index (χ0v) is 20.6. The number of carbonyl (C=O) groups is 1. The molecule has 3 aromatic carbocycles. The molecule has 2 aliphatic heterocycles. The minimum Gasteiger partial charge on any atom is -0.305 e. The van der Waals surface area contributed by atoms with Crippen LogP contribution >= 0.6 is 34.8 Å². The molecule has 1 fully saturated rings. The number of carbonyl (C=O) groups excluding carboxylic acids is 1. The highest BCUT2D eigenvalue weighted by molar-refractivity contribution is 6.42. The topological polar surface area (TPSA) is 35.6 Å². The maximum atomic E-state index is 14.3. The van der Waals surface area contributed by atoms with Crippen molar-refractivity contribution < 1.29 is 9.18 Å². The van der Waals surface area contributed by atoms with E-state index in [-0.39, 0.29) is 27.3 Å². The van der Waals surface area contributed by atoms with Crippen molar-refractivity contribution >= 4 is 52.2 Å². The summed E-state index contributed by atoms with van der Waals surface area (Å²) in [5.41, 5.74) is 2.89. The normalized spacial score (nSPS) is 17.1. The van der Waals surface area contributed by atoms with E-state index in [0.29, 0.717) is 17.3 Å². The number of halogens is 4. The Morgan fingerprint density at radius 3 is 2.32 bits per heavy atom. The fraction of sp³-hybridized carbons (Fsp3) is 0.269. The molecular weight excluding hydrogens is 496 g/mol. The Bertz CT molecular complexity index is 1210. The van der Waals surface area contributed by atoms with Gasteiger partial charge in [-0.25, -0.2) is 9.18 Å². The molecule has 0 saturated carbocycles. The Morgan fingerprint density at radius 2 is 1.65 bits per heavy atom. The number of likely N-dealkylation sites (tertiary alicyclic amines) is 1. The number of benzene rings is 3. The zero-order valence-electron chi connectivity index (χ0n) is 18.3. The third-order valence-electron chi connectivity index (χ3n) is 6.83. The molecule has 1 spiro atoms. The molecule has 2 heterocycles. The van der Waals surface area contributed by atoms with Crippen molar-refractivity contribution in [2.75, 3.05) is 29.9 Å². The summed E-state index contributed by atoms with van der Waals surface area (Å²) in [5.74, 6) is -0.295. The van der Waals surface area contributed by atoms with Crippen LogP contribution in [0.4, 0.5) is 20.6 Å². The van der Waals surface area contributed by atoms with Crippen LogP contribution in [0.15, 0.2) is 60.7 Å². The Kier molecular flexibility index (Phi) is 6.47. The molecule has 0 unspecified atom stereocenters. The molecular formula is C26H23Cl3FN3O. The van der Waals surface area contributed by atoms with Crippen molar-refractivity contribution in [1.29, 1.82) is 0 Å². The van der Waals surface area contributed by atoms with Crippen LogP contribution in [0.3, 0.4) is 0 Å². The van der Waals surface area contributed by atoms with Crippen LogP contribution in [0.2, 0.25) is 15.1 Å². The third-order valence-corrected chi connectivity index (χ3v) is 7.64. The number of amides is 2. The average Bonchev–Trinajstić information content (AvgIpc) is 3.12. The van der Waals surface area contributed by atoms with Crippen LogP contribution in [0, 0.1) is 5.82 Å². The van der Waals surface area contributed by atoms with E-state index < -0.39 is 0 Å². The highest BCUT2D eigenvalue weighted by Crippen LogP contribution is 2.48. The maximum absolute atomic E-state index is 14.3. The van der Waals surface area contributed by atoms with Crippen LogP contribution in [0.25, 0.3) is 0 Å². The molecule has 0 radical (unpaired) electrons. The number of urea groups is 1. The van der Waals surface area contributed by atoms with Gasteiger partial charge in [0, 0.05) is 29.2 Å². The Hall–Kier alpha value is -2.31. The van der Waals surface area contributed by atoms with Gasteiger partial charge in [-0.3, -0.25) is 9.80 Å². The first-order chi connectivity index (χ1) is 16.3. The molecule has 1 saturated heterocycles. The molecule has 5 rings (SSSR count). The van der Waals surface area contributed by atoms with Crippen LogP contribution in [0.5, 0.6) is 0 Å². The third kappa shape index (κ3) is 4.50. The molecule has 34 heavy (non-hydrogen) atoms. The summed E-state index contributed by atoms with van der Waals surface area (Å²) >= 11 is 18.5. The lowest BCUT2D eigenvalue weighted by molar-refractivity contribution is 0.160. The number of nitrogens with one attached hydrogen (secondary N) is 1. The highest BCUT2D eigenvalue weighted by atomic mass is 35.5. The van der Waals surface area contributed by atoms with E-state index in [1.54, 1.807) is 17.0 Å². The number of hydrogen-bond acceptors (Lipinski definition) is 2. The molecule has 0 aliphatic carbocycles. The lowest BCUT2D eigenvalue weighted by atomic mass is 9.74. The van der Waals surface area contributed by atoms with Gasteiger partial charge in [-0.05, 0) is 67.4 Å². The predicted molar refractivity (Wildman–Crippen MR) is 137 cm³/mol. The molecule has 0 bridgehead atoms. The summed E-state index contributed by atoms with van der Waals surface area (Å²) in [6.45, 7) is 3.09. The number of piperidine rings is 1. The van der Waals surface area contributed by atoms with E-state index in [2.05, 4.69) is 22.3 Å². The van der Waals surface area contributed by atoms with Gasteiger partial charge >= 0.3 is 6.03 Å². The number of anilines is 2. The monoisotopic (exact) mass is 517 g/mol. The molecule has 0 aromatic heterocycles. The standard InChI is InChI=1S/C26H23Cl3FN3O/c27-18-12-21(28)24(22(29)13-18)31-25(34)33-16-26(20-14-19(30)6-7-23(20)33)8-10-32(11-9-26)15-17-4-2-1-3-5-17/h1-7,12-14H,8-11,15-16H2,(H,31,34).